The zero-order valence-electron chi connectivity index (χ0n) is 12.9. The molecule has 23 heavy (non-hydrogen) atoms. The number of hydrazone groups is 1. The van der Waals surface area contributed by atoms with Gasteiger partial charge in [-0.2, -0.15) is 5.10 Å². The lowest BCUT2D eigenvalue weighted by Crippen LogP contribution is -2.52. The topological polar surface area (TPSA) is 82.4 Å². The molecule has 0 unspecified atom stereocenters. The van der Waals surface area contributed by atoms with Gasteiger partial charge in [-0.3, -0.25) is 9.80 Å². The number of carbonyl (C=O) groups excluding carboxylic acids is 1. The van der Waals surface area contributed by atoms with E-state index in [0.717, 1.165) is 24.4 Å². The van der Waals surface area contributed by atoms with Crippen LogP contribution >= 0.6 is 0 Å². The second kappa shape index (κ2) is 6.37. The number of amides is 1. The zero-order chi connectivity index (χ0) is 16.4. The van der Waals surface area contributed by atoms with E-state index in [2.05, 4.69) is 5.10 Å². The standard InChI is InChI=1S/C16H19N3O4/c1-11-6-7-19(17-11)13-4-2-12(3-5-13)15(20)18-8-9-23-10-14(18)16(21)22/h2-5,14H,6-10H2,1H3,(H,21,22)/t14-/m0/s1. The molecule has 0 aromatic heterocycles. The highest BCUT2D eigenvalue weighted by Crippen LogP contribution is 2.21. The van der Waals surface area contributed by atoms with E-state index in [-0.39, 0.29) is 19.1 Å². The molecule has 2 heterocycles. The van der Waals surface area contributed by atoms with Gasteiger partial charge in [0.05, 0.1) is 18.9 Å². The molecule has 0 radical (unpaired) electrons. The van der Waals surface area contributed by atoms with Crippen LogP contribution in [-0.4, -0.2) is 59.9 Å². The van der Waals surface area contributed by atoms with Crippen LogP contribution in [0.5, 0.6) is 0 Å². The quantitative estimate of drug-likeness (QED) is 0.906. The molecule has 1 fully saturated rings. The van der Waals surface area contributed by atoms with Gasteiger partial charge in [0.2, 0.25) is 0 Å². The number of morpholine rings is 1. The summed E-state index contributed by atoms with van der Waals surface area (Å²) in [5, 5.41) is 15.5. The normalized spacial score (nSPS) is 21.3. The minimum atomic E-state index is -1.04. The Kier molecular flexibility index (Phi) is 4.29. The van der Waals surface area contributed by atoms with E-state index in [0.29, 0.717) is 12.2 Å². The van der Waals surface area contributed by atoms with Crippen LogP contribution in [0.25, 0.3) is 0 Å². The molecular weight excluding hydrogens is 298 g/mol. The number of nitrogens with zero attached hydrogens (tertiary/aromatic N) is 3. The molecule has 2 aliphatic rings. The Balaban J connectivity index is 1.76. The molecule has 7 heteroatoms. The van der Waals surface area contributed by atoms with Crippen LogP contribution in [0.4, 0.5) is 5.69 Å². The number of hydrogen-bond acceptors (Lipinski definition) is 5. The summed E-state index contributed by atoms with van der Waals surface area (Å²) in [6.45, 7) is 3.50. The zero-order valence-corrected chi connectivity index (χ0v) is 12.9. The molecule has 0 bridgehead atoms. The molecule has 1 atom stereocenters. The van der Waals surface area contributed by atoms with Gasteiger partial charge < -0.3 is 14.7 Å². The van der Waals surface area contributed by atoms with Crippen LogP contribution in [-0.2, 0) is 9.53 Å². The molecule has 1 aromatic rings. The second-order valence-corrected chi connectivity index (χ2v) is 5.68. The van der Waals surface area contributed by atoms with Crippen molar-refractivity contribution in [2.45, 2.75) is 19.4 Å². The van der Waals surface area contributed by atoms with Crippen LogP contribution < -0.4 is 5.01 Å². The third kappa shape index (κ3) is 3.19. The van der Waals surface area contributed by atoms with Crippen LogP contribution in [0.15, 0.2) is 29.4 Å². The number of carboxylic acid groups (broad SMARTS) is 1. The van der Waals surface area contributed by atoms with Crippen LogP contribution in [0, 0.1) is 0 Å². The van der Waals surface area contributed by atoms with Gasteiger partial charge in [0, 0.05) is 30.8 Å². The average Bonchev–Trinajstić information content (AvgIpc) is 3.01. The van der Waals surface area contributed by atoms with Gasteiger partial charge in [0.25, 0.3) is 5.91 Å². The first-order valence-corrected chi connectivity index (χ1v) is 7.59. The minimum Gasteiger partial charge on any atom is -0.480 e. The van der Waals surface area contributed by atoms with Gasteiger partial charge in [-0.1, -0.05) is 0 Å². The van der Waals surface area contributed by atoms with Gasteiger partial charge >= 0.3 is 5.97 Å². The van der Waals surface area contributed by atoms with E-state index in [9.17, 15) is 14.7 Å². The van der Waals surface area contributed by atoms with Gasteiger partial charge in [-0.15, -0.1) is 0 Å². The van der Waals surface area contributed by atoms with Gasteiger partial charge in [-0.25, -0.2) is 4.79 Å². The summed E-state index contributed by atoms with van der Waals surface area (Å²) < 4.78 is 5.16. The molecule has 1 amide bonds. The molecule has 0 saturated carbocycles. The number of hydrogen-bond donors (Lipinski definition) is 1. The lowest BCUT2D eigenvalue weighted by atomic mass is 10.1. The number of aliphatic carboxylic acids is 1. The SMILES string of the molecule is CC1=NN(c2ccc(C(=O)N3CCOC[C@H]3C(=O)O)cc2)CC1. The van der Waals surface area contributed by atoms with Crippen molar-refractivity contribution in [1.82, 2.24) is 4.90 Å². The molecule has 3 rings (SSSR count). The van der Waals surface area contributed by atoms with Crippen LogP contribution in [0.1, 0.15) is 23.7 Å². The first-order valence-electron chi connectivity index (χ1n) is 7.59. The molecule has 1 saturated heterocycles. The van der Waals surface area contributed by atoms with Crippen molar-refractivity contribution < 1.29 is 19.4 Å². The van der Waals surface area contributed by atoms with Crippen molar-refractivity contribution in [2.24, 2.45) is 5.10 Å². The molecule has 1 aromatic carbocycles. The number of rotatable bonds is 3. The Morgan fingerprint density at radius 3 is 2.61 bits per heavy atom. The smallest absolute Gasteiger partial charge is 0.328 e. The molecule has 1 N–H and O–H groups in total. The summed E-state index contributed by atoms with van der Waals surface area (Å²) in [5.41, 5.74) is 2.49. The van der Waals surface area contributed by atoms with E-state index in [1.165, 1.54) is 4.90 Å². The predicted octanol–water partition coefficient (Wildman–Crippen LogP) is 1.20. The lowest BCUT2D eigenvalue weighted by Gasteiger charge is -2.32. The molecule has 0 spiro atoms. The Labute approximate surface area is 134 Å². The number of carbonyl (C=O) groups is 2. The minimum absolute atomic E-state index is 0.0287. The van der Waals surface area contributed by atoms with E-state index in [1.54, 1.807) is 12.1 Å². The number of ether oxygens (including phenoxy) is 1. The maximum atomic E-state index is 12.6. The predicted molar refractivity (Wildman–Crippen MR) is 84.8 cm³/mol. The summed E-state index contributed by atoms with van der Waals surface area (Å²) >= 11 is 0. The molecule has 0 aliphatic carbocycles. The summed E-state index contributed by atoms with van der Waals surface area (Å²) in [4.78, 5) is 25.2. The number of anilines is 1. The maximum absolute atomic E-state index is 12.6. The average molecular weight is 317 g/mol. The van der Waals surface area contributed by atoms with E-state index in [4.69, 9.17) is 4.74 Å². The Morgan fingerprint density at radius 1 is 1.26 bits per heavy atom. The monoisotopic (exact) mass is 317 g/mol. The fourth-order valence-electron chi connectivity index (χ4n) is 2.75. The van der Waals surface area contributed by atoms with Crippen molar-refractivity contribution in [1.29, 1.82) is 0 Å². The highest BCUT2D eigenvalue weighted by atomic mass is 16.5. The Hall–Kier alpha value is -2.41. The summed E-state index contributed by atoms with van der Waals surface area (Å²) in [6.07, 6.45) is 0.939. The van der Waals surface area contributed by atoms with Crippen molar-refractivity contribution in [3.63, 3.8) is 0 Å². The Bertz CT molecular complexity index is 641. The highest BCUT2D eigenvalue weighted by Gasteiger charge is 2.33. The largest absolute Gasteiger partial charge is 0.480 e. The highest BCUT2D eigenvalue weighted by molar-refractivity contribution is 5.97. The maximum Gasteiger partial charge on any atom is 0.328 e. The third-order valence-corrected chi connectivity index (χ3v) is 4.06. The summed E-state index contributed by atoms with van der Waals surface area (Å²) in [7, 11) is 0. The third-order valence-electron chi connectivity index (χ3n) is 4.06. The van der Waals surface area contributed by atoms with Crippen molar-refractivity contribution in [3.8, 4) is 0 Å². The Morgan fingerprint density at radius 2 is 2.00 bits per heavy atom. The van der Waals surface area contributed by atoms with Gasteiger partial charge in [-0.05, 0) is 31.2 Å². The molecule has 2 aliphatic heterocycles. The second-order valence-electron chi connectivity index (χ2n) is 5.68. The van der Waals surface area contributed by atoms with E-state index < -0.39 is 12.0 Å². The van der Waals surface area contributed by atoms with Crippen LogP contribution in [0.2, 0.25) is 0 Å². The van der Waals surface area contributed by atoms with Crippen molar-refractivity contribution >= 4 is 23.3 Å². The summed E-state index contributed by atoms with van der Waals surface area (Å²) in [6, 6.07) is 6.18. The first-order chi connectivity index (χ1) is 11.1. The fraction of sp³-hybridized carbons (Fsp3) is 0.438. The number of benzene rings is 1. The fourth-order valence-corrected chi connectivity index (χ4v) is 2.75. The van der Waals surface area contributed by atoms with Gasteiger partial charge in [0.15, 0.2) is 6.04 Å². The molecule has 122 valence electrons. The van der Waals surface area contributed by atoms with E-state index in [1.807, 2.05) is 24.1 Å². The number of carboxylic acids is 1. The first kappa shape index (κ1) is 15.5. The van der Waals surface area contributed by atoms with E-state index >= 15 is 0 Å². The molecular formula is C16H19N3O4. The van der Waals surface area contributed by atoms with Crippen molar-refractivity contribution in [2.75, 3.05) is 31.3 Å². The van der Waals surface area contributed by atoms with Gasteiger partial charge in [0.1, 0.15) is 0 Å². The van der Waals surface area contributed by atoms with Crippen molar-refractivity contribution in [3.05, 3.63) is 29.8 Å². The lowest BCUT2D eigenvalue weighted by molar-refractivity contribution is -0.147. The summed E-state index contributed by atoms with van der Waals surface area (Å²) in [5.74, 6) is -1.33. The van der Waals surface area contributed by atoms with Crippen LogP contribution in [0.3, 0.4) is 0 Å². The molecule has 7 nitrogen and oxygen atoms in total.